The standard InChI is InChI=1S/C23H17N/c1-16-8-2-6-12-20(16)24-21-13-7-5-11-19(21)23-18-10-4-3-9-17(18)14-15-22(23)24/h2-15H,1H3. The second-order valence-corrected chi connectivity index (χ2v) is 6.32. The van der Waals surface area contributed by atoms with Crippen LogP contribution in [0, 0.1) is 6.92 Å². The monoisotopic (exact) mass is 307 g/mol. The molecule has 5 rings (SSSR count). The largest absolute Gasteiger partial charge is 0.309 e. The van der Waals surface area contributed by atoms with Gasteiger partial charge >= 0.3 is 0 Å². The number of benzene rings is 4. The average molecular weight is 307 g/mol. The summed E-state index contributed by atoms with van der Waals surface area (Å²) >= 11 is 0. The van der Waals surface area contributed by atoms with Crippen LogP contribution >= 0.6 is 0 Å². The summed E-state index contributed by atoms with van der Waals surface area (Å²) in [5.74, 6) is 0. The lowest BCUT2D eigenvalue weighted by Crippen LogP contribution is -1.96. The molecule has 0 aliphatic rings. The normalized spacial score (nSPS) is 11.5. The number of hydrogen-bond donors (Lipinski definition) is 0. The minimum atomic E-state index is 1.25. The lowest BCUT2D eigenvalue weighted by molar-refractivity contribution is 1.15. The first-order chi connectivity index (χ1) is 11.8. The molecule has 0 aliphatic carbocycles. The van der Waals surface area contributed by atoms with Gasteiger partial charge in [-0.15, -0.1) is 0 Å². The fourth-order valence-corrected chi connectivity index (χ4v) is 3.81. The SMILES string of the molecule is Cc1ccccc1-n1c2ccccc2c2c3ccccc3ccc21. The molecule has 0 aliphatic heterocycles. The van der Waals surface area contributed by atoms with Crippen molar-refractivity contribution < 1.29 is 0 Å². The molecule has 1 aromatic heterocycles. The number of para-hydroxylation sites is 2. The molecule has 1 heterocycles. The first-order valence-corrected chi connectivity index (χ1v) is 8.31. The van der Waals surface area contributed by atoms with Gasteiger partial charge in [0.25, 0.3) is 0 Å². The van der Waals surface area contributed by atoms with Gasteiger partial charge in [0.15, 0.2) is 0 Å². The molecule has 0 saturated heterocycles. The van der Waals surface area contributed by atoms with Gasteiger partial charge in [-0.25, -0.2) is 0 Å². The van der Waals surface area contributed by atoms with E-state index in [1.807, 2.05) is 0 Å². The molecule has 114 valence electrons. The number of nitrogens with zero attached hydrogens (tertiary/aromatic N) is 1. The molecule has 1 nitrogen and oxygen atoms in total. The van der Waals surface area contributed by atoms with Crippen molar-refractivity contribution in [2.75, 3.05) is 0 Å². The lowest BCUT2D eigenvalue weighted by Gasteiger charge is -2.11. The van der Waals surface area contributed by atoms with Crippen LogP contribution < -0.4 is 0 Å². The van der Waals surface area contributed by atoms with E-state index in [1.165, 1.54) is 43.8 Å². The summed E-state index contributed by atoms with van der Waals surface area (Å²) in [6, 6.07) is 30.4. The molecule has 0 atom stereocenters. The average Bonchev–Trinajstić information content (AvgIpc) is 2.97. The van der Waals surface area contributed by atoms with Crippen LogP contribution in [0.2, 0.25) is 0 Å². The Morgan fingerprint density at radius 2 is 1.29 bits per heavy atom. The first-order valence-electron chi connectivity index (χ1n) is 8.31. The number of rotatable bonds is 1. The number of aromatic nitrogens is 1. The summed E-state index contributed by atoms with van der Waals surface area (Å²) in [5, 5.41) is 5.26. The van der Waals surface area contributed by atoms with Gasteiger partial charge < -0.3 is 4.57 Å². The van der Waals surface area contributed by atoms with Crippen molar-refractivity contribution in [3.63, 3.8) is 0 Å². The van der Waals surface area contributed by atoms with Crippen LogP contribution in [0.15, 0.2) is 84.9 Å². The van der Waals surface area contributed by atoms with Crippen LogP contribution in [-0.2, 0) is 0 Å². The van der Waals surface area contributed by atoms with Crippen LogP contribution in [-0.4, -0.2) is 4.57 Å². The van der Waals surface area contributed by atoms with E-state index in [4.69, 9.17) is 0 Å². The molecule has 4 aromatic carbocycles. The molecule has 1 heteroatoms. The number of aryl methyl sites for hydroxylation is 1. The fraction of sp³-hybridized carbons (Fsp3) is 0.0435. The van der Waals surface area contributed by atoms with Crippen molar-refractivity contribution in [2.24, 2.45) is 0 Å². The van der Waals surface area contributed by atoms with Crippen molar-refractivity contribution >= 4 is 32.6 Å². The molecule has 0 saturated carbocycles. The highest BCUT2D eigenvalue weighted by molar-refractivity contribution is 6.21. The molecule has 0 N–H and O–H groups in total. The third-order valence-electron chi connectivity index (χ3n) is 4.92. The molecule has 0 spiro atoms. The molecular weight excluding hydrogens is 290 g/mol. The molecule has 5 aromatic rings. The minimum absolute atomic E-state index is 1.25. The summed E-state index contributed by atoms with van der Waals surface area (Å²) in [5.41, 5.74) is 5.06. The van der Waals surface area contributed by atoms with Gasteiger partial charge in [-0.05, 0) is 41.5 Å². The zero-order valence-electron chi connectivity index (χ0n) is 13.5. The van der Waals surface area contributed by atoms with E-state index >= 15 is 0 Å². The topological polar surface area (TPSA) is 4.93 Å². The molecular formula is C23H17N. The van der Waals surface area contributed by atoms with Crippen molar-refractivity contribution in [3.05, 3.63) is 90.5 Å². The third kappa shape index (κ3) is 1.75. The van der Waals surface area contributed by atoms with E-state index in [1.54, 1.807) is 0 Å². The highest BCUT2D eigenvalue weighted by atomic mass is 15.0. The van der Waals surface area contributed by atoms with Gasteiger partial charge in [0, 0.05) is 16.5 Å². The molecule has 0 unspecified atom stereocenters. The maximum absolute atomic E-state index is 2.40. The van der Waals surface area contributed by atoms with E-state index < -0.39 is 0 Å². The fourth-order valence-electron chi connectivity index (χ4n) is 3.81. The van der Waals surface area contributed by atoms with Crippen molar-refractivity contribution in [1.82, 2.24) is 4.57 Å². The zero-order valence-corrected chi connectivity index (χ0v) is 13.5. The van der Waals surface area contributed by atoms with E-state index in [2.05, 4.69) is 96.4 Å². The predicted molar refractivity (Wildman–Crippen MR) is 103 cm³/mol. The molecule has 0 amide bonds. The number of hydrogen-bond acceptors (Lipinski definition) is 0. The Labute approximate surface area is 140 Å². The summed E-state index contributed by atoms with van der Waals surface area (Å²) in [4.78, 5) is 0. The van der Waals surface area contributed by atoms with Gasteiger partial charge in [0.1, 0.15) is 0 Å². The summed E-state index contributed by atoms with van der Waals surface area (Å²) in [7, 11) is 0. The Morgan fingerprint density at radius 3 is 2.17 bits per heavy atom. The van der Waals surface area contributed by atoms with E-state index in [0.717, 1.165) is 0 Å². The number of fused-ring (bicyclic) bond motifs is 5. The summed E-state index contributed by atoms with van der Waals surface area (Å²) < 4.78 is 2.40. The predicted octanol–water partition coefficient (Wildman–Crippen LogP) is 6.25. The lowest BCUT2D eigenvalue weighted by atomic mass is 10.0. The van der Waals surface area contributed by atoms with Crippen LogP contribution in [0.25, 0.3) is 38.3 Å². The summed E-state index contributed by atoms with van der Waals surface area (Å²) in [6.45, 7) is 2.18. The van der Waals surface area contributed by atoms with Gasteiger partial charge in [-0.2, -0.15) is 0 Å². The molecule has 24 heavy (non-hydrogen) atoms. The quantitative estimate of drug-likeness (QED) is 0.345. The van der Waals surface area contributed by atoms with Crippen LogP contribution in [0.1, 0.15) is 5.56 Å². The smallest absolute Gasteiger partial charge is 0.0547 e. The van der Waals surface area contributed by atoms with Crippen molar-refractivity contribution in [2.45, 2.75) is 6.92 Å². The maximum Gasteiger partial charge on any atom is 0.0547 e. The Hall–Kier alpha value is -3.06. The van der Waals surface area contributed by atoms with Gasteiger partial charge in [-0.1, -0.05) is 66.7 Å². The molecule has 0 bridgehead atoms. The van der Waals surface area contributed by atoms with Crippen molar-refractivity contribution in [1.29, 1.82) is 0 Å². The molecule has 0 fully saturated rings. The van der Waals surface area contributed by atoms with Gasteiger partial charge in [0.2, 0.25) is 0 Å². The Kier molecular flexibility index (Phi) is 2.77. The van der Waals surface area contributed by atoms with Crippen LogP contribution in [0.3, 0.4) is 0 Å². The molecule has 0 radical (unpaired) electrons. The maximum atomic E-state index is 2.40. The van der Waals surface area contributed by atoms with Crippen LogP contribution in [0.5, 0.6) is 0 Å². The zero-order chi connectivity index (χ0) is 16.1. The first kappa shape index (κ1) is 13.4. The van der Waals surface area contributed by atoms with E-state index in [0.29, 0.717) is 0 Å². The van der Waals surface area contributed by atoms with Gasteiger partial charge in [-0.3, -0.25) is 0 Å². The second-order valence-electron chi connectivity index (χ2n) is 6.32. The van der Waals surface area contributed by atoms with Crippen LogP contribution in [0.4, 0.5) is 0 Å². The Balaban J connectivity index is 2.07. The van der Waals surface area contributed by atoms with E-state index in [-0.39, 0.29) is 0 Å². The highest BCUT2D eigenvalue weighted by Gasteiger charge is 2.14. The van der Waals surface area contributed by atoms with Gasteiger partial charge in [0.05, 0.1) is 11.0 Å². The second kappa shape index (κ2) is 4.97. The highest BCUT2D eigenvalue weighted by Crippen LogP contribution is 2.37. The van der Waals surface area contributed by atoms with E-state index in [9.17, 15) is 0 Å². The minimum Gasteiger partial charge on any atom is -0.309 e. The Morgan fingerprint density at radius 1 is 0.583 bits per heavy atom. The summed E-state index contributed by atoms with van der Waals surface area (Å²) in [6.07, 6.45) is 0. The Bertz CT molecular complexity index is 1210. The van der Waals surface area contributed by atoms with Crippen molar-refractivity contribution in [3.8, 4) is 5.69 Å². The third-order valence-corrected chi connectivity index (χ3v) is 4.92.